The lowest BCUT2D eigenvalue weighted by Gasteiger charge is -2.36. The van der Waals surface area contributed by atoms with Crippen LogP contribution in [0, 0.1) is 5.82 Å². The van der Waals surface area contributed by atoms with Crippen LogP contribution in [0.15, 0.2) is 24.3 Å². The van der Waals surface area contributed by atoms with Crippen LogP contribution in [-0.2, 0) is 0 Å². The van der Waals surface area contributed by atoms with Gasteiger partial charge in [-0.25, -0.2) is 4.39 Å². The maximum absolute atomic E-state index is 13.1. The largest absolute Gasteiger partial charge is 0.312 e. The van der Waals surface area contributed by atoms with Crippen LogP contribution < -0.4 is 5.32 Å². The van der Waals surface area contributed by atoms with E-state index in [-0.39, 0.29) is 18.2 Å². The molecule has 1 aromatic carbocycles. The van der Waals surface area contributed by atoms with Gasteiger partial charge in [-0.2, -0.15) is 0 Å². The summed E-state index contributed by atoms with van der Waals surface area (Å²) >= 11 is 0. The van der Waals surface area contributed by atoms with Gasteiger partial charge in [0.1, 0.15) is 5.82 Å². The number of nitrogens with one attached hydrogen (secondary N) is 1. The minimum Gasteiger partial charge on any atom is -0.312 e. The Kier molecular flexibility index (Phi) is 5.37. The van der Waals surface area contributed by atoms with E-state index < -0.39 is 0 Å². The third-order valence-electron chi connectivity index (χ3n) is 3.28. The molecule has 0 aromatic heterocycles. The lowest BCUT2D eigenvalue weighted by atomic mass is 10.1. The fourth-order valence-electron chi connectivity index (χ4n) is 2.29. The molecule has 0 radical (unpaired) electrons. The van der Waals surface area contributed by atoms with Gasteiger partial charge >= 0.3 is 0 Å². The van der Waals surface area contributed by atoms with Gasteiger partial charge in [0.05, 0.1) is 0 Å². The molecular weight excluding hydrogens is 239 g/mol. The minimum absolute atomic E-state index is 0. The standard InChI is InChI=1S/C13H19FN2.ClH/c1-10-9-16(7-6-15-10)11(2)12-4-3-5-13(14)8-12;/h3-5,8,10-11,15H,6-7,9H2,1-2H3;1H. The summed E-state index contributed by atoms with van der Waals surface area (Å²) in [6.07, 6.45) is 0. The van der Waals surface area contributed by atoms with Gasteiger partial charge in [-0.05, 0) is 31.5 Å². The molecule has 2 rings (SSSR count). The number of rotatable bonds is 2. The highest BCUT2D eigenvalue weighted by Crippen LogP contribution is 2.21. The number of halogens is 2. The van der Waals surface area contributed by atoms with Crippen LogP contribution in [0.1, 0.15) is 25.5 Å². The zero-order valence-electron chi connectivity index (χ0n) is 10.3. The summed E-state index contributed by atoms with van der Waals surface area (Å²) < 4.78 is 13.1. The van der Waals surface area contributed by atoms with Crippen LogP contribution in [-0.4, -0.2) is 30.6 Å². The van der Waals surface area contributed by atoms with Crippen molar-refractivity contribution in [1.29, 1.82) is 0 Å². The van der Waals surface area contributed by atoms with E-state index in [2.05, 4.69) is 24.1 Å². The molecule has 1 saturated heterocycles. The predicted molar refractivity (Wildman–Crippen MR) is 71.1 cm³/mol. The van der Waals surface area contributed by atoms with Gasteiger partial charge in [0.15, 0.2) is 0 Å². The maximum Gasteiger partial charge on any atom is 0.123 e. The number of nitrogens with zero attached hydrogens (tertiary/aromatic N) is 1. The van der Waals surface area contributed by atoms with Crippen molar-refractivity contribution in [3.63, 3.8) is 0 Å². The average molecular weight is 259 g/mol. The monoisotopic (exact) mass is 258 g/mol. The van der Waals surface area contributed by atoms with Gasteiger partial charge in [0.25, 0.3) is 0 Å². The Hall–Kier alpha value is -0.640. The van der Waals surface area contributed by atoms with Crippen LogP contribution in [0.25, 0.3) is 0 Å². The Morgan fingerprint density at radius 3 is 2.88 bits per heavy atom. The molecule has 1 heterocycles. The lowest BCUT2D eigenvalue weighted by molar-refractivity contribution is 0.158. The molecule has 1 N–H and O–H groups in total. The molecule has 17 heavy (non-hydrogen) atoms. The molecule has 1 aliphatic heterocycles. The van der Waals surface area contributed by atoms with Crippen molar-refractivity contribution in [3.8, 4) is 0 Å². The van der Waals surface area contributed by atoms with Gasteiger partial charge < -0.3 is 5.32 Å². The first-order valence-electron chi connectivity index (χ1n) is 5.89. The second-order valence-electron chi connectivity index (χ2n) is 4.58. The van der Waals surface area contributed by atoms with E-state index in [1.54, 1.807) is 12.1 Å². The SMILES string of the molecule is CC1CN(C(C)c2cccc(F)c2)CCN1.Cl. The predicted octanol–water partition coefficient (Wildman–Crippen LogP) is 2.60. The van der Waals surface area contributed by atoms with Crippen LogP contribution in [0.5, 0.6) is 0 Å². The first-order valence-corrected chi connectivity index (χ1v) is 5.89. The van der Waals surface area contributed by atoms with Crippen molar-refractivity contribution in [1.82, 2.24) is 10.2 Å². The molecule has 0 saturated carbocycles. The van der Waals surface area contributed by atoms with Crippen molar-refractivity contribution in [2.24, 2.45) is 0 Å². The minimum atomic E-state index is -0.146. The van der Waals surface area contributed by atoms with Crippen molar-refractivity contribution in [2.45, 2.75) is 25.9 Å². The molecule has 2 unspecified atom stereocenters. The lowest BCUT2D eigenvalue weighted by Crippen LogP contribution is -2.49. The van der Waals surface area contributed by atoms with Crippen LogP contribution >= 0.6 is 12.4 Å². The first kappa shape index (κ1) is 14.4. The molecule has 1 aliphatic rings. The molecule has 0 aliphatic carbocycles. The summed E-state index contributed by atoms with van der Waals surface area (Å²) in [6, 6.07) is 7.73. The Bertz CT molecular complexity index is 359. The highest BCUT2D eigenvalue weighted by Gasteiger charge is 2.21. The quantitative estimate of drug-likeness (QED) is 0.877. The third-order valence-corrected chi connectivity index (χ3v) is 3.28. The maximum atomic E-state index is 13.1. The molecule has 0 amide bonds. The molecular formula is C13H20ClFN2. The summed E-state index contributed by atoms with van der Waals surface area (Å²) in [7, 11) is 0. The Morgan fingerprint density at radius 1 is 1.47 bits per heavy atom. The molecule has 4 heteroatoms. The Labute approximate surface area is 109 Å². The third kappa shape index (κ3) is 3.66. The highest BCUT2D eigenvalue weighted by molar-refractivity contribution is 5.85. The zero-order chi connectivity index (χ0) is 11.5. The number of hydrogen-bond donors (Lipinski definition) is 1. The van der Waals surface area contributed by atoms with E-state index in [1.807, 2.05) is 6.07 Å². The van der Waals surface area contributed by atoms with E-state index >= 15 is 0 Å². The van der Waals surface area contributed by atoms with E-state index in [1.165, 1.54) is 6.07 Å². The highest BCUT2D eigenvalue weighted by atomic mass is 35.5. The van der Waals surface area contributed by atoms with Crippen molar-refractivity contribution >= 4 is 12.4 Å². The molecule has 2 atom stereocenters. The van der Waals surface area contributed by atoms with Gasteiger partial charge in [-0.3, -0.25) is 4.90 Å². The fraction of sp³-hybridized carbons (Fsp3) is 0.538. The van der Waals surface area contributed by atoms with Crippen molar-refractivity contribution < 1.29 is 4.39 Å². The summed E-state index contributed by atoms with van der Waals surface area (Å²) in [4.78, 5) is 2.40. The number of benzene rings is 1. The van der Waals surface area contributed by atoms with E-state index in [0.29, 0.717) is 12.1 Å². The van der Waals surface area contributed by atoms with Crippen molar-refractivity contribution in [3.05, 3.63) is 35.6 Å². The van der Waals surface area contributed by atoms with Crippen LogP contribution in [0.2, 0.25) is 0 Å². The first-order chi connectivity index (χ1) is 7.66. The molecule has 0 spiro atoms. The Morgan fingerprint density at radius 2 is 2.24 bits per heavy atom. The summed E-state index contributed by atoms with van der Waals surface area (Å²) in [5.41, 5.74) is 1.06. The fourth-order valence-corrected chi connectivity index (χ4v) is 2.29. The van der Waals surface area contributed by atoms with Crippen molar-refractivity contribution in [2.75, 3.05) is 19.6 Å². The topological polar surface area (TPSA) is 15.3 Å². The molecule has 0 bridgehead atoms. The second-order valence-corrected chi connectivity index (χ2v) is 4.58. The van der Waals surface area contributed by atoms with Gasteiger partial charge in [0.2, 0.25) is 0 Å². The summed E-state index contributed by atoms with van der Waals surface area (Å²) in [6.45, 7) is 7.40. The van der Waals surface area contributed by atoms with E-state index in [4.69, 9.17) is 0 Å². The van der Waals surface area contributed by atoms with Gasteiger partial charge in [-0.15, -0.1) is 12.4 Å². The molecule has 1 aromatic rings. The van der Waals surface area contributed by atoms with Gasteiger partial charge in [-0.1, -0.05) is 12.1 Å². The summed E-state index contributed by atoms with van der Waals surface area (Å²) in [5.74, 6) is -0.146. The zero-order valence-corrected chi connectivity index (χ0v) is 11.1. The molecule has 2 nitrogen and oxygen atoms in total. The van der Waals surface area contributed by atoms with E-state index in [9.17, 15) is 4.39 Å². The average Bonchev–Trinajstić information content (AvgIpc) is 2.28. The number of hydrogen-bond acceptors (Lipinski definition) is 2. The summed E-state index contributed by atoms with van der Waals surface area (Å²) in [5, 5.41) is 3.41. The smallest absolute Gasteiger partial charge is 0.123 e. The molecule has 1 fully saturated rings. The second kappa shape index (κ2) is 6.34. The van der Waals surface area contributed by atoms with Crippen LogP contribution in [0.4, 0.5) is 4.39 Å². The number of piperazine rings is 1. The molecule has 96 valence electrons. The van der Waals surface area contributed by atoms with Gasteiger partial charge in [0, 0.05) is 31.7 Å². The normalized spacial score (nSPS) is 22.9. The van der Waals surface area contributed by atoms with E-state index in [0.717, 1.165) is 25.2 Å². The Balaban J connectivity index is 0.00000144. The van der Waals surface area contributed by atoms with Crippen LogP contribution in [0.3, 0.4) is 0 Å².